The third kappa shape index (κ3) is 11.9. The molecule has 0 amide bonds. The fraction of sp³-hybridized carbons (Fsp3) is 0.895. The molecule has 0 aromatic rings. The van der Waals surface area contributed by atoms with E-state index in [2.05, 4.69) is 19.1 Å². The van der Waals surface area contributed by atoms with E-state index in [-0.39, 0.29) is 6.29 Å². The molecule has 1 saturated heterocycles. The first kappa shape index (κ1) is 18.7. The average molecular weight is 296 g/mol. The van der Waals surface area contributed by atoms with Gasteiger partial charge in [0, 0.05) is 13.2 Å². The van der Waals surface area contributed by atoms with Crippen molar-refractivity contribution >= 4 is 0 Å². The maximum atomic E-state index is 5.73. The average Bonchev–Trinajstić information content (AvgIpc) is 2.53. The normalized spacial score (nSPS) is 19.4. The van der Waals surface area contributed by atoms with E-state index in [1.165, 1.54) is 70.6 Å². The highest BCUT2D eigenvalue weighted by Gasteiger charge is 2.12. The number of hydrogen-bond acceptors (Lipinski definition) is 2. The van der Waals surface area contributed by atoms with Crippen molar-refractivity contribution in [3.63, 3.8) is 0 Å². The van der Waals surface area contributed by atoms with Crippen LogP contribution < -0.4 is 0 Å². The van der Waals surface area contributed by atoms with Crippen molar-refractivity contribution in [1.82, 2.24) is 0 Å². The molecule has 1 heterocycles. The summed E-state index contributed by atoms with van der Waals surface area (Å²) in [6.45, 7) is 4.01. The second-order valence-electron chi connectivity index (χ2n) is 6.19. The van der Waals surface area contributed by atoms with Crippen molar-refractivity contribution in [3.05, 3.63) is 12.2 Å². The predicted molar refractivity (Wildman–Crippen MR) is 90.5 cm³/mol. The van der Waals surface area contributed by atoms with Crippen LogP contribution in [0, 0.1) is 0 Å². The summed E-state index contributed by atoms with van der Waals surface area (Å²) in [5.74, 6) is 0. The van der Waals surface area contributed by atoms with Gasteiger partial charge in [-0.3, -0.25) is 0 Å². The Balaban J connectivity index is 1.76. The van der Waals surface area contributed by atoms with E-state index in [4.69, 9.17) is 9.47 Å². The highest BCUT2D eigenvalue weighted by Crippen LogP contribution is 2.14. The predicted octanol–water partition coefficient (Wildman–Crippen LogP) is 6.01. The quantitative estimate of drug-likeness (QED) is 0.306. The minimum atomic E-state index is 0.0852. The number of unbranched alkanes of at least 4 members (excludes halogenated alkanes) is 8. The first-order valence-corrected chi connectivity index (χ1v) is 9.31. The third-order valence-electron chi connectivity index (χ3n) is 4.10. The molecule has 1 aliphatic heterocycles. The summed E-state index contributed by atoms with van der Waals surface area (Å²) in [4.78, 5) is 0. The van der Waals surface area contributed by atoms with Crippen LogP contribution in [0.15, 0.2) is 12.2 Å². The van der Waals surface area contributed by atoms with Gasteiger partial charge in [-0.15, -0.1) is 0 Å². The van der Waals surface area contributed by atoms with Gasteiger partial charge >= 0.3 is 0 Å². The SMILES string of the molecule is CCCCCCCC/C=C\CCCCOC1CCCCO1. The standard InChI is InChI=1S/C19H36O2/c1-2-3-4-5-6-7-8-9-10-11-12-14-17-20-19-16-13-15-18-21-19/h9-10,19H,2-8,11-18H2,1H3/b10-9-. The van der Waals surface area contributed by atoms with E-state index < -0.39 is 0 Å². The van der Waals surface area contributed by atoms with E-state index in [1.807, 2.05) is 0 Å². The largest absolute Gasteiger partial charge is 0.353 e. The van der Waals surface area contributed by atoms with E-state index >= 15 is 0 Å². The van der Waals surface area contributed by atoms with Gasteiger partial charge < -0.3 is 9.47 Å². The van der Waals surface area contributed by atoms with Gasteiger partial charge in [-0.05, 0) is 51.4 Å². The van der Waals surface area contributed by atoms with Crippen LogP contribution in [0.5, 0.6) is 0 Å². The van der Waals surface area contributed by atoms with Crippen molar-refractivity contribution in [2.24, 2.45) is 0 Å². The zero-order valence-electron chi connectivity index (χ0n) is 14.2. The lowest BCUT2D eigenvalue weighted by Gasteiger charge is -2.22. The number of allylic oxidation sites excluding steroid dienone is 2. The molecule has 0 N–H and O–H groups in total. The van der Waals surface area contributed by atoms with Crippen LogP contribution in [0.1, 0.15) is 90.4 Å². The Hall–Kier alpha value is -0.340. The molecule has 1 rings (SSSR count). The van der Waals surface area contributed by atoms with Gasteiger partial charge in [-0.2, -0.15) is 0 Å². The van der Waals surface area contributed by atoms with Gasteiger partial charge in [-0.1, -0.05) is 51.2 Å². The topological polar surface area (TPSA) is 18.5 Å². The van der Waals surface area contributed by atoms with Crippen LogP contribution in [-0.4, -0.2) is 19.5 Å². The van der Waals surface area contributed by atoms with Gasteiger partial charge in [-0.25, -0.2) is 0 Å². The van der Waals surface area contributed by atoms with Crippen molar-refractivity contribution in [1.29, 1.82) is 0 Å². The lowest BCUT2D eigenvalue weighted by molar-refractivity contribution is -0.162. The van der Waals surface area contributed by atoms with Crippen molar-refractivity contribution in [2.45, 2.75) is 96.7 Å². The molecule has 0 spiro atoms. The van der Waals surface area contributed by atoms with Crippen LogP contribution in [-0.2, 0) is 9.47 Å². The Bertz CT molecular complexity index is 232. The van der Waals surface area contributed by atoms with Gasteiger partial charge in [0.1, 0.15) is 0 Å². The molecule has 1 unspecified atom stereocenters. The fourth-order valence-corrected chi connectivity index (χ4v) is 2.70. The second kappa shape index (κ2) is 14.6. The van der Waals surface area contributed by atoms with E-state index in [1.54, 1.807) is 0 Å². The van der Waals surface area contributed by atoms with E-state index in [0.717, 1.165) is 26.1 Å². The molecular weight excluding hydrogens is 260 g/mol. The smallest absolute Gasteiger partial charge is 0.157 e. The first-order chi connectivity index (χ1) is 10.4. The molecule has 1 aliphatic rings. The minimum absolute atomic E-state index is 0.0852. The Morgan fingerprint density at radius 2 is 1.62 bits per heavy atom. The Morgan fingerprint density at radius 3 is 2.33 bits per heavy atom. The third-order valence-corrected chi connectivity index (χ3v) is 4.10. The van der Waals surface area contributed by atoms with Crippen LogP contribution >= 0.6 is 0 Å². The Labute approximate surface area is 132 Å². The summed E-state index contributed by atoms with van der Waals surface area (Å²) in [5, 5.41) is 0. The molecule has 21 heavy (non-hydrogen) atoms. The van der Waals surface area contributed by atoms with Crippen LogP contribution in [0.4, 0.5) is 0 Å². The van der Waals surface area contributed by atoms with E-state index in [0.29, 0.717) is 0 Å². The Kier molecular flexibility index (Phi) is 13.0. The Morgan fingerprint density at radius 1 is 0.905 bits per heavy atom. The number of hydrogen-bond donors (Lipinski definition) is 0. The summed E-state index contributed by atoms with van der Waals surface area (Å²) in [6, 6.07) is 0. The number of rotatable bonds is 13. The minimum Gasteiger partial charge on any atom is -0.353 e. The zero-order valence-corrected chi connectivity index (χ0v) is 14.2. The summed E-state index contributed by atoms with van der Waals surface area (Å²) in [7, 11) is 0. The van der Waals surface area contributed by atoms with Gasteiger partial charge in [0.2, 0.25) is 0 Å². The van der Waals surface area contributed by atoms with Crippen LogP contribution in [0.2, 0.25) is 0 Å². The lowest BCUT2D eigenvalue weighted by atomic mass is 10.1. The maximum absolute atomic E-state index is 5.73. The lowest BCUT2D eigenvalue weighted by Crippen LogP contribution is -2.22. The maximum Gasteiger partial charge on any atom is 0.157 e. The zero-order chi connectivity index (χ0) is 15.0. The summed E-state index contributed by atoms with van der Waals surface area (Å²) in [5.41, 5.74) is 0. The van der Waals surface area contributed by atoms with E-state index in [9.17, 15) is 0 Å². The molecule has 0 saturated carbocycles. The highest BCUT2D eigenvalue weighted by atomic mass is 16.7. The molecule has 124 valence electrons. The van der Waals surface area contributed by atoms with Crippen LogP contribution in [0.3, 0.4) is 0 Å². The summed E-state index contributed by atoms with van der Waals surface area (Å²) < 4.78 is 11.3. The van der Waals surface area contributed by atoms with Crippen molar-refractivity contribution in [3.8, 4) is 0 Å². The molecule has 0 radical (unpaired) electrons. The van der Waals surface area contributed by atoms with Gasteiger partial charge in [0.05, 0.1) is 0 Å². The van der Waals surface area contributed by atoms with Crippen LogP contribution in [0.25, 0.3) is 0 Å². The monoisotopic (exact) mass is 296 g/mol. The fourth-order valence-electron chi connectivity index (χ4n) is 2.70. The van der Waals surface area contributed by atoms with Crippen molar-refractivity contribution < 1.29 is 9.47 Å². The molecule has 0 bridgehead atoms. The summed E-state index contributed by atoms with van der Waals surface area (Å²) >= 11 is 0. The molecule has 2 nitrogen and oxygen atoms in total. The molecule has 1 fully saturated rings. The van der Waals surface area contributed by atoms with Gasteiger partial charge in [0.15, 0.2) is 6.29 Å². The second-order valence-corrected chi connectivity index (χ2v) is 6.19. The molecule has 0 aliphatic carbocycles. The summed E-state index contributed by atoms with van der Waals surface area (Å²) in [6.07, 6.45) is 21.5. The van der Waals surface area contributed by atoms with Gasteiger partial charge in [0.25, 0.3) is 0 Å². The molecular formula is C19H36O2. The molecule has 0 aromatic carbocycles. The molecule has 0 aromatic heterocycles. The molecule has 1 atom stereocenters. The van der Waals surface area contributed by atoms with Crippen molar-refractivity contribution in [2.75, 3.05) is 13.2 Å². The molecule has 2 heteroatoms. The number of ether oxygens (including phenoxy) is 2. The first-order valence-electron chi connectivity index (χ1n) is 9.31. The highest BCUT2D eigenvalue weighted by molar-refractivity contribution is 4.81.